The van der Waals surface area contributed by atoms with E-state index in [0.717, 1.165) is 50.9 Å². The van der Waals surface area contributed by atoms with Gasteiger partial charge in [-0.05, 0) is 32.3 Å². The predicted molar refractivity (Wildman–Crippen MR) is 121 cm³/mol. The summed E-state index contributed by atoms with van der Waals surface area (Å²) in [5, 5.41) is 3.53. The van der Waals surface area contributed by atoms with Crippen molar-refractivity contribution in [3.05, 3.63) is 29.8 Å². The van der Waals surface area contributed by atoms with Crippen LogP contribution in [0.25, 0.3) is 0 Å². The third-order valence-corrected chi connectivity index (χ3v) is 6.48. The summed E-state index contributed by atoms with van der Waals surface area (Å²) in [6.07, 6.45) is 6.01. The lowest BCUT2D eigenvalue weighted by atomic mass is 9.78. The van der Waals surface area contributed by atoms with E-state index in [1.165, 1.54) is 31.2 Å². The normalized spacial score (nSPS) is 21.2. The number of aliphatic imine (C=N–C) groups is 1. The van der Waals surface area contributed by atoms with Crippen LogP contribution in [-0.2, 0) is 14.9 Å². The van der Waals surface area contributed by atoms with Crippen molar-refractivity contribution in [2.45, 2.75) is 44.4 Å². The molecule has 2 aliphatic rings. The van der Waals surface area contributed by atoms with Crippen molar-refractivity contribution in [1.82, 2.24) is 10.2 Å². The van der Waals surface area contributed by atoms with Crippen LogP contribution >= 0.6 is 0 Å². The Morgan fingerprint density at radius 3 is 2.73 bits per heavy atom. The second-order valence-electron chi connectivity index (χ2n) is 8.53. The molecule has 168 valence electrons. The summed E-state index contributed by atoms with van der Waals surface area (Å²) >= 11 is 0. The van der Waals surface area contributed by atoms with Gasteiger partial charge in [-0.15, -0.1) is 0 Å². The zero-order valence-corrected chi connectivity index (χ0v) is 19.0. The Kier molecular flexibility index (Phi) is 8.82. The van der Waals surface area contributed by atoms with E-state index in [4.69, 9.17) is 19.2 Å². The fourth-order valence-corrected chi connectivity index (χ4v) is 4.85. The van der Waals surface area contributed by atoms with Gasteiger partial charge in [-0.1, -0.05) is 31.0 Å². The van der Waals surface area contributed by atoms with Gasteiger partial charge in [0.05, 0.1) is 33.5 Å². The van der Waals surface area contributed by atoms with Crippen molar-refractivity contribution < 1.29 is 14.2 Å². The van der Waals surface area contributed by atoms with Gasteiger partial charge in [-0.2, -0.15) is 0 Å². The average Bonchev–Trinajstić information content (AvgIpc) is 3.45. The molecule has 1 heterocycles. The molecule has 3 rings (SSSR count). The van der Waals surface area contributed by atoms with Crippen molar-refractivity contribution >= 4 is 5.96 Å². The summed E-state index contributed by atoms with van der Waals surface area (Å²) in [5.74, 6) is 2.59. The first-order chi connectivity index (χ1) is 14.7. The van der Waals surface area contributed by atoms with E-state index in [2.05, 4.69) is 41.4 Å². The lowest BCUT2D eigenvalue weighted by Crippen LogP contribution is -2.41. The number of rotatable bonds is 10. The molecule has 1 aliphatic carbocycles. The molecular weight excluding hydrogens is 378 g/mol. The first kappa shape index (κ1) is 22.9. The summed E-state index contributed by atoms with van der Waals surface area (Å²) in [4.78, 5) is 7.56. The first-order valence-electron chi connectivity index (χ1n) is 11.5. The molecule has 0 bridgehead atoms. The molecule has 0 aromatic heterocycles. The number of benzene rings is 1. The third-order valence-electron chi connectivity index (χ3n) is 6.48. The highest BCUT2D eigenvalue weighted by Gasteiger charge is 2.38. The molecule has 30 heavy (non-hydrogen) atoms. The summed E-state index contributed by atoms with van der Waals surface area (Å²) in [6, 6.07) is 8.49. The van der Waals surface area contributed by atoms with Crippen LogP contribution in [0.3, 0.4) is 0 Å². The number of methoxy groups -OCH3 is 2. The van der Waals surface area contributed by atoms with Crippen LogP contribution in [0, 0.1) is 5.92 Å². The lowest BCUT2D eigenvalue weighted by molar-refractivity contribution is 0.0536. The van der Waals surface area contributed by atoms with Crippen LogP contribution in [0.4, 0.5) is 0 Å². The van der Waals surface area contributed by atoms with E-state index < -0.39 is 0 Å². The Hall–Kier alpha value is -1.79. The van der Waals surface area contributed by atoms with Gasteiger partial charge in [0.25, 0.3) is 0 Å². The van der Waals surface area contributed by atoms with E-state index in [1.54, 1.807) is 14.2 Å². The van der Waals surface area contributed by atoms with E-state index in [1.807, 2.05) is 0 Å². The van der Waals surface area contributed by atoms with E-state index in [-0.39, 0.29) is 5.41 Å². The molecule has 6 nitrogen and oxygen atoms in total. The van der Waals surface area contributed by atoms with Crippen molar-refractivity contribution in [2.75, 3.05) is 60.2 Å². The molecule has 0 spiro atoms. The number of para-hydroxylation sites is 1. The molecule has 1 saturated heterocycles. The Labute approximate surface area is 182 Å². The molecule has 1 aromatic rings. The zero-order chi connectivity index (χ0) is 21.2. The topological polar surface area (TPSA) is 55.3 Å². The van der Waals surface area contributed by atoms with Gasteiger partial charge in [-0.25, -0.2) is 0 Å². The number of ether oxygens (including phenoxy) is 3. The van der Waals surface area contributed by atoms with Crippen LogP contribution in [0.5, 0.6) is 5.75 Å². The Bertz CT molecular complexity index is 673. The molecular formula is C24H39N3O3. The second kappa shape index (κ2) is 11.6. The molecule has 1 atom stereocenters. The van der Waals surface area contributed by atoms with Crippen molar-refractivity contribution in [3.63, 3.8) is 0 Å². The number of hydrogen-bond donors (Lipinski definition) is 1. The van der Waals surface area contributed by atoms with E-state index in [9.17, 15) is 0 Å². The van der Waals surface area contributed by atoms with Crippen LogP contribution < -0.4 is 10.1 Å². The van der Waals surface area contributed by atoms with Crippen molar-refractivity contribution in [1.29, 1.82) is 0 Å². The maximum Gasteiger partial charge on any atom is 0.193 e. The number of hydrogen-bond acceptors (Lipinski definition) is 4. The first-order valence-corrected chi connectivity index (χ1v) is 11.5. The van der Waals surface area contributed by atoms with Crippen LogP contribution in [0.15, 0.2) is 29.3 Å². The number of nitrogens with one attached hydrogen (secondary N) is 1. The number of guanidine groups is 1. The van der Waals surface area contributed by atoms with Gasteiger partial charge < -0.3 is 24.4 Å². The second-order valence-corrected chi connectivity index (χ2v) is 8.53. The Morgan fingerprint density at radius 1 is 1.20 bits per heavy atom. The highest BCUT2D eigenvalue weighted by atomic mass is 16.5. The van der Waals surface area contributed by atoms with Gasteiger partial charge >= 0.3 is 0 Å². The van der Waals surface area contributed by atoms with Gasteiger partial charge in [0.2, 0.25) is 0 Å². The standard InChI is InChI=1S/C24H39N3O3/c1-4-25-23(27-14-11-20(17-27)18-30-16-15-28-2)26-19-24(12-7-8-13-24)21-9-5-6-10-22(21)29-3/h5-6,9-10,20H,4,7-8,11-19H2,1-3H3,(H,25,26). The highest BCUT2D eigenvalue weighted by Crippen LogP contribution is 2.45. The van der Waals surface area contributed by atoms with Gasteiger partial charge in [0.1, 0.15) is 5.75 Å². The van der Waals surface area contributed by atoms with Gasteiger partial charge in [0, 0.05) is 43.6 Å². The van der Waals surface area contributed by atoms with Crippen LogP contribution in [0.1, 0.15) is 44.6 Å². The smallest absolute Gasteiger partial charge is 0.193 e. The predicted octanol–water partition coefficient (Wildman–Crippen LogP) is 3.46. The minimum absolute atomic E-state index is 0.0790. The number of likely N-dealkylation sites (tertiary alicyclic amines) is 1. The minimum Gasteiger partial charge on any atom is -0.496 e. The molecule has 1 saturated carbocycles. The molecule has 0 amide bonds. The average molecular weight is 418 g/mol. The highest BCUT2D eigenvalue weighted by molar-refractivity contribution is 5.80. The molecule has 1 unspecified atom stereocenters. The SMILES string of the molecule is CCNC(=NCC1(c2ccccc2OC)CCCC1)N1CCC(COCCOC)C1. The molecule has 2 fully saturated rings. The summed E-state index contributed by atoms with van der Waals surface area (Å²) in [7, 11) is 3.48. The fourth-order valence-electron chi connectivity index (χ4n) is 4.85. The lowest BCUT2D eigenvalue weighted by Gasteiger charge is -2.31. The largest absolute Gasteiger partial charge is 0.496 e. The van der Waals surface area contributed by atoms with Crippen LogP contribution in [0.2, 0.25) is 0 Å². The van der Waals surface area contributed by atoms with Crippen LogP contribution in [-0.4, -0.2) is 71.1 Å². The number of nitrogens with zero attached hydrogens (tertiary/aromatic N) is 2. The quantitative estimate of drug-likeness (QED) is 0.359. The summed E-state index contributed by atoms with van der Waals surface area (Å²) in [6.45, 7) is 7.99. The Morgan fingerprint density at radius 2 is 2.00 bits per heavy atom. The molecule has 0 radical (unpaired) electrons. The zero-order valence-electron chi connectivity index (χ0n) is 19.0. The Balaban J connectivity index is 1.69. The molecule has 1 aromatic carbocycles. The maximum absolute atomic E-state index is 5.76. The van der Waals surface area contributed by atoms with Crippen molar-refractivity contribution in [3.8, 4) is 5.75 Å². The van der Waals surface area contributed by atoms with Crippen molar-refractivity contribution in [2.24, 2.45) is 10.9 Å². The summed E-state index contributed by atoms with van der Waals surface area (Å²) < 4.78 is 16.5. The van der Waals surface area contributed by atoms with E-state index in [0.29, 0.717) is 19.1 Å². The fraction of sp³-hybridized carbons (Fsp3) is 0.708. The van der Waals surface area contributed by atoms with E-state index >= 15 is 0 Å². The molecule has 6 heteroatoms. The molecule has 1 N–H and O–H groups in total. The minimum atomic E-state index is 0.0790. The maximum atomic E-state index is 5.76. The van der Waals surface area contributed by atoms with Gasteiger partial charge in [0.15, 0.2) is 5.96 Å². The third kappa shape index (κ3) is 5.67. The van der Waals surface area contributed by atoms with Gasteiger partial charge in [-0.3, -0.25) is 4.99 Å². The molecule has 1 aliphatic heterocycles. The summed E-state index contributed by atoms with van der Waals surface area (Å²) in [5.41, 5.74) is 1.39. The monoisotopic (exact) mass is 417 g/mol.